The molecule has 1 saturated heterocycles. The van der Waals surface area contributed by atoms with Gasteiger partial charge in [0, 0.05) is 19.3 Å². The van der Waals surface area contributed by atoms with Crippen molar-refractivity contribution in [3.05, 3.63) is 23.9 Å². The number of unbranched alkanes of at least 4 members (excludes halogenated alkanes) is 1. The normalized spacial score (nSPS) is 16.0. The molecule has 0 aromatic carbocycles. The first kappa shape index (κ1) is 17.2. The fraction of sp³-hybridized carbons (Fsp3) is 0.588. The smallest absolute Gasteiger partial charge is 0.326 e. The average molecular weight is 319 g/mol. The topological polar surface area (TPSA) is 82.5 Å². The Bertz CT molecular complexity index is 542. The van der Waals surface area contributed by atoms with Crippen molar-refractivity contribution in [3.8, 4) is 0 Å². The van der Waals surface area contributed by atoms with Crippen LogP contribution in [0.1, 0.15) is 55.8 Å². The number of carbonyl (C=O) groups is 2. The minimum Gasteiger partial charge on any atom is -0.480 e. The molecule has 0 radical (unpaired) electrons. The van der Waals surface area contributed by atoms with Crippen molar-refractivity contribution in [1.82, 2.24) is 10.3 Å². The van der Waals surface area contributed by atoms with Gasteiger partial charge in [0.05, 0.1) is 5.56 Å². The first-order chi connectivity index (χ1) is 11.1. The maximum absolute atomic E-state index is 12.5. The molecular weight excluding hydrogens is 294 g/mol. The Morgan fingerprint density at radius 3 is 2.74 bits per heavy atom. The summed E-state index contributed by atoms with van der Waals surface area (Å²) >= 11 is 0. The van der Waals surface area contributed by atoms with Gasteiger partial charge in [0.1, 0.15) is 11.9 Å². The van der Waals surface area contributed by atoms with E-state index in [1.807, 2.05) is 6.92 Å². The number of nitrogens with zero attached hydrogens (tertiary/aromatic N) is 2. The highest BCUT2D eigenvalue weighted by Crippen LogP contribution is 2.21. The molecule has 1 aromatic rings. The van der Waals surface area contributed by atoms with Gasteiger partial charge < -0.3 is 15.3 Å². The number of carbonyl (C=O) groups excluding carboxylic acids is 1. The molecular formula is C17H25N3O3. The highest BCUT2D eigenvalue weighted by Gasteiger charge is 2.24. The Labute approximate surface area is 136 Å². The van der Waals surface area contributed by atoms with Gasteiger partial charge in [0.25, 0.3) is 5.91 Å². The molecule has 0 spiro atoms. The van der Waals surface area contributed by atoms with Crippen LogP contribution in [0.2, 0.25) is 0 Å². The van der Waals surface area contributed by atoms with Crippen LogP contribution in [0.4, 0.5) is 5.82 Å². The van der Waals surface area contributed by atoms with Gasteiger partial charge in [-0.15, -0.1) is 0 Å². The van der Waals surface area contributed by atoms with E-state index in [1.54, 1.807) is 18.3 Å². The molecule has 2 N–H and O–H groups in total. The SMILES string of the molecule is CCCCC(NC(=O)c1cccnc1N1CCCCC1)C(=O)O. The second-order valence-corrected chi connectivity index (χ2v) is 5.93. The molecule has 0 aliphatic carbocycles. The highest BCUT2D eigenvalue weighted by molar-refractivity contribution is 6.00. The third kappa shape index (κ3) is 4.68. The van der Waals surface area contributed by atoms with Gasteiger partial charge in [-0.1, -0.05) is 19.8 Å². The van der Waals surface area contributed by atoms with E-state index in [9.17, 15) is 14.7 Å². The number of aliphatic carboxylic acids is 1. The average Bonchev–Trinajstić information content (AvgIpc) is 2.59. The molecule has 0 bridgehead atoms. The van der Waals surface area contributed by atoms with Gasteiger partial charge in [-0.2, -0.15) is 0 Å². The number of piperidine rings is 1. The van der Waals surface area contributed by atoms with Crippen LogP contribution in [0, 0.1) is 0 Å². The Kier molecular flexibility index (Phi) is 6.38. The summed E-state index contributed by atoms with van der Waals surface area (Å²) in [5, 5.41) is 11.9. The van der Waals surface area contributed by atoms with E-state index in [4.69, 9.17) is 0 Å². The van der Waals surface area contributed by atoms with E-state index in [2.05, 4.69) is 15.2 Å². The lowest BCUT2D eigenvalue weighted by Crippen LogP contribution is -2.41. The van der Waals surface area contributed by atoms with Crippen molar-refractivity contribution >= 4 is 17.7 Å². The fourth-order valence-electron chi connectivity index (χ4n) is 2.83. The maximum Gasteiger partial charge on any atom is 0.326 e. The van der Waals surface area contributed by atoms with Crippen LogP contribution in [0.25, 0.3) is 0 Å². The second kappa shape index (κ2) is 8.50. The Morgan fingerprint density at radius 1 is 1.35 bits per heavy atom. The minimum absolute atomic E-state index is 0.359. The Balaban J connectivity index is 2.13. The van der Waals surface area contributed by atoms with Crippen molar-refractivity contribution < 1.29 is 14.7 Å². The third-order valence-corrected chi connectivity index (χ3v) is 4.14. The summed E-state index contributed by atoms with van der Waals surface area (Å²) in [6.07, 6.45) is 7.15. The van der Waals surface area contributed by atoms with Crippen LogP contribution in [0.5, 0.6) is 0 Å². The molecule has 6 nitrogen and oxygen atoms in total. The van der Waals surface area contributed by atoms with E-state index in [0.29, 0.717) is 17.8 Å². The molecule has 6 heteroatoms. The zero-order chi connectivity index (χ0) is 16.7. The largest absolute Gasteiger partial charge is 0.480 e. The van der Waals surface area contributed by atoms with Crippen LogP contribution >= 0.6 is 0 Å². The maximum atomic E-state index is 12.5. The quantitative estimate of drug-likeness (QED) is 0.806. The van der Waals surface area contributed by atoms with E-state index in [0.717, 1.165) is 38.8 Å². The van der Waals surface area contributed by atoms with E-state index in [1.165, 1.54) is 6.42 Å². The molecule has 1 aliphatic rings. The zero-order valence-electron chi connectivity index (χ0n) is 13.6. The number of nitrogens with one attached hydrogen (secondary N) is 1. The number of hydrogen-bond donors (Lipinski definition) is 2. The van der Waals surface area contributed by atoms with Crippen LogP contribution in [-0.4, -0.2) is 41.1 Å². The first-order valence-electron chi connectivity index (χ1n) is 8.37. The zero-order valence-corrected chi connectivity index (χ0v) is 13.6. The monoisotopic (exact) mass is 319 g/mol. The molecule has 0 saturated carbocycles. The lowest BCUT2D eigenvalue weighted by Gasteiger charge is -2.29. The third-order valence-electron chi connectivity index (χ3n) is 4.14. The number of rotatable bonds is 7. The van der Waals surface area contributed by atoms with E-state index >= 15 is 0 Å². The lowest BCUT2D eigenvalue weighted by molar-refractivity contribution is -0.139. The van der Waals surface area contributed by atoms with Crippen molar-refractivity contribution in [2.24, 2.45) is 0 Å². The van der Waals surface area contributed by atoms with Gasteiger partial charge in [-0.05, 0) is 37.8 Å². The Morgan fingerprint density at radius 2 is 2.09 bits per heavy atom. The summed E-state index contributed by atoms with van der Waals surface area (Å²) in [4.78, 5) is 30.3. The minimum atomic E-state index is -0.991. The number of aromatic nitrogens is 1. The number of hydrogen-bond acceptors (Lipinski definition) is 4. The molecule has 23 heavy (non-hydrogen) atoms. The number of carboxylic acids is 1. The summed E-state index contributed by atoms with van der Waals surface area (Å²) in [5.41, 5.74) is 0.456. The van der Waals surface area contributed by atoms with Crippen molar-refractivity contribution in [2.45, 2.75) is 51.5 Å². The molecule has 1 unspecified atom stereocenters. The molecule has 126 valence electrons. The number of anilines is 1. The van der Waals surface area contributed by atoms with Crippen molar-refractivity contribution in [3.63, 3.8) is 0 Å². The summed E-state index contributed by atoms with van der Waals surface area (Å²) < 4.78 is 0. The van der Waals surface area contributed by atoms with Gasteiger partial charge >= 0.3 is 5.97 Å². The molecule has 2 rings (SSSR count). The van der Waals surface area contributed by atoms with E-state index < -0.39 is 12.0 Å². The standard InChI is InChI=1S/C17H25N3O3/c1-2-3-9-14(17(22)23)19-16(21)13-8-7-10-18-15(13)20-11-5-4-6-12-20/h7-8,10,14H,2-6,9,11-12H2,1H3,(H,19,21)(H,22,23). The van der Waals surface area contributed by atoms with Crippen molar-refractivity contribution in [1.29, 1.82) is 0 Å². The summed E-state index contributed by atoms with van der Waals surface area (Å²) in [6.45, 7) is 3.77. The predicted octanol–water partition coefficient (Wildman–Crippen LogP) is 2.45. The molecule has 1 amide bonds. The fourth-order valence-corrected chi connectivity index (χ4v) is 2.83. The molecule has 1 aliphatic heterocycles. The van der Waals surface area contributed by atoms with Crippen molar-refractivity contribution in [2.75, 3.05) is 18.0 Å². The van der Waals surface area contributed by atoms with Gasteiger partial charge in [-0.3, -0.25) is 4.79 Å². The van der Waals surface area contributed by atoms with E-state index in [-0.39, 0.29) is 5.91 Å². The van der Waals surface area contributed by atoms with Gasteiger partial charge in [0.15, 0.2) is 0 Å². The number of amides is 1. The van der Waals surface area contributed by atoms with Crippen LogP contribution in [0.15, 0.2) is 18.3 Å². The number of carboxylic acid groups (broad SMARTS) is 1. The summed E-state index contributed by atoms with van der Waals surface area (Å²) in [5.74, 6) is -0.693. The summed E-state index contributed by atoms with van der Waals surface area (Å²) in [7, 11) is 0. The lowest BCUT2D eigenvalue weighted by atomic mass is 10.1. The molecule has 1 atom stereocenters. The van der Waals surface area contributed by atoms with Crippen LogP contribution in [-0.2, 0) is 4.79 Å². The molecule has 1 fully saturated rings. The van der Waals surface area contributed by atoms with Crippen LogP contribution in [0.3, 0.4) is 0 Å². The van der Waals surface area contributed by atoms with Gasteiger partial charge in [0.2, 0.25) is 0 Å². The predicted molar refractivity (Wildman–Crippen MR) is 88.7 cm³/mol. The Hall–Kier alpha value is -2.11. The number of pyridine rings is 1. The summed E-state index contributed by atoms with van der Waals surface area (Å²) in [6, 6.07) is 2.58. The van der Waals surface area contributed by atoms with Gasteiger partial charge in [-0.25, -0.2) is 9.78 Å². The second-order valence-electron chi connectivity index (χ2n) is 5.93. The van der Waals surface area contributed by atoms with Crippen LogP contribution < -0.4 is 10.2 Å². The molecule has 1 aromatic heterocycles. The first-order valence-corrected chi connectivity index (χ1v) is 8.37. The molecule has 2 heterocycles. The highest BCUT2D eigenvalue weighted by atomic mass is 16.4.